The van der Waals surface area contributed by atoms with E-state index in [-0.39, 0.29) is 12.5 Å². The van der Waals surface area contributed by atoms with E-state index in [4.69, 9.17) is 14.2 Å². The van der Waals surface area contributed by atoms with Gasteiger partial charge in [-0.25, -0.2) is 0 Å². The van der Waals surface area contributed by atoms with Crippen molar-refractivity contribution in [2.75, 3.05) is 40.0 Å². The van der Waals surface area contributed by atoms with E-state index in [0.29, 0.717) is 62.0 Å². The molecule has 1 aromatic rings. The second kappa shape index (κ2) is 6.98. The van der Waals surface area contributed by atoms with E-state index >= 15 is 0 Å². The van der Waals surface area contributed by atoms with Crippen LogP contribution in [0.1, 0.15) is 28.9 Å². The van der Waals surface area contributed by atoms with E-state index in [0.717, 1.165) is 0 Å². The van der Waals surface area contributed by atoms with Crippen molar-refractivity contribution in [3.63, 3.8) is 0 Å². The second-order valence-electron chi connectivity index (χ2n) is 6.11. The topological polar surface area (TPSA) is 85.3 Å². The van der Waals surface area contributed by atoms with E-state index in [1.807, 2.05) is 0 Å². The van der Waals surface area contributed by atoms with Crippen LogP contribution in [0.4, 0.5) is 0 Å². The fourth-order valence-electron chi connectivity index (χ4n) is 3.24. The first-order valence-electron chi connectivity index (χ1n) is 7.96. The lowest BCUT2D eigenvalue weighted by atomic mass is 9.77. The first-order valence-corrected chi connectivity index (χ1v) is 8.84. The number of carbonyl (C=O) groups excluding carboxylic acids is 1. The Kier molecular flexibility index (Phi) is 4.96. The van der Waals surface area contributed by atoms with Crippen LogP contribution in [-0.2, 0) is 9.53 Å². The second-order valence-corrected chi connectivity index (χ2v) is 6.99. The largest absolute Gasteiger partial charge is 0.485 e. The van der Waals surface area contributed by atoms with Gasteiger partial charge < -0.3 is 24.2 Å². The molecule has 132 valence electrons. The first-order chi connectivity index (χ1) is 11.6. The molecular weight excluding hydrogens is 334 g/mol. The average molecular weight is 355 g/mol. The van der Waals surface area contributed by atoms with Crippen molar-refractivity contribution in [1.29, 1.82) is 0 Å². The maximum atomic E-state index is 12.9. The lowest BCUT2D eigenvalue weighted by molar-refractivity contribution is -0.153. The molecule has 24 heavy (non-hydrogen) atoms. The van der Waals surface area contributed by atoms with Gasteiger partial charge in [-0.05, 0) is 19.3 Å². The van der Waals surface area contributed by atoms with Gasteiger partial charge in [0.25, 0.3) is 5.91 Å². The molecule has 0 spiro atoms. The monoisotopic (exact) mass is 355 g/mol. The number of piperidine rings is 1. The number of fused-ring (bicyclic) bond motifs is 1. The Morgan fingerprint density at radius 2 is 2.21 bits per heavy atom. The molecule has 1 atom stereocenters. The molecule has 1 fully saturated rings. The molecule has 0 aliphatic carbocycles. The minimum atomic E-state index is -0.946. The number of hydrogen-bond acceptors (Lipinski definition) is 6. The lowest BCUT2D eigenvalue weighted by Crippen LogP contribution is -2.50. The molecule has 1 aromatic heterocycles. The number of ether oxygens (including phenoxy) is 3. The normalized spacial score (nSPS) is 23.1. The predicted molar refractivity (Wildman–Crippen MR) is 87.0 cm³/mol. The van der Waals surface area contributed by atoms with Crippen molar-refractivity contribution in [2.24, 2.45) is 5.41 Å². The predicted octanol–water partition coefficient (Wildman–Crippen LogP) is 1.86. The van der Waals surface area contributed by atoms with Crippen LogP contribution in [0.2, 0.25) is 0 Å². The Morgan fingerprint density at radius 1 is 1.42 bits per heavy atom. The zero-order chi connectivity index (χ0) is 17.2. The standard InChI is InChI=1S/C16H21NO6S/c1-21-6-4-16(15(19)20)3-2-5-17(10-16)14(18)13-12-11(9-24-13)22-7-8-23-12/h9H,2-8,10H2,1H3,(H,19,20)/t16-/m1/s1. The van der Waals surface area contributed by atoms with Gasteiger partial charge in [-0.3, -0.25) is 9.59 Å². The van der Waals surface area contributed by atoms with E-state index in [2.05, 4.69) is 0 Å². The van der Waals surface area contributed by atoms with Gasteiger partial charge in [0, 0.05) is 32.2 Å². The number of carboxylic acids is 1. The molecule has 8 heteroatoms. The first kappa shape index (κ1) is 17.0. The number of aliphatic carboxylic acids is 1. The summed E-state index contributed by atoms with van der Waals surface area (Å²) < 4.78 is 16.1. The van der Waals surface area contributed by atoms with Crippen LogP contribution >= 0.6 is 11.3 Å². The summed E-state index contributed by atoms with van der Waals surface area (Å²) in [7, 11) is 1.55. The van der Waals surface area contributed by atoms with E-state index in [9.17, 15) is 14.7 Å². The number of nitrogens with zero attached hydrogens (tertiary/aromatic N) is 1. The molecule has 7 nitrogen and oxygen atoms in total. The molecule has 1 N–H and O–H groups in total. The fraction of sp³-hybridized carbons (Fsp3) is 0.625. The van der Waals surface area contributed by atoms with Crippen LogP contribution in [0.15, 0.2) is 5.38 Å². The average Bonchev–Trinajstić information content (AvgIpc) is 3.03. The van der Waals surface area contributed by atoms with Gasteiger partial charge in [0.2, 0.25) is 0 Å². The number of hydrogen-bond donors (Lipinski definition) is 1. The minimum absolute atomic E-state index is 0.186. The van der Waals surface area contributed by atoms with E-state index in [1.165, 1.54) is 11.3 Å². The maximum absolute atomic E-state index is 12.9. The number of methoxy groups -OCH3 is 1. The van der Waals surface area contributed by atoms with Crippen LogP contribution in [0, 0.1) is 5.41 Å². The fourth-order valence-corrected chi connectivity index (χ4v) is 4.14. The number of carboxylic acid groups (broad SMARTS) is 1. The zero-order valence-corrected chi connectivity index (χ0v) is 14.4. The molecular formula is C16H21NO6S. The van der Waals surface area contributed by atoms with Crippen molar-refractivity contribution >= 4 is 23.2 Å². The quantitative estimate of drug-likeness (QED) is 0.868. The summed E-state index contributed by atoms with van der Waals surface area (Å²) in [5, 5.41) is 11.5. The molecule has 0 unspecified atom stereocenters. The highest BCUT2D eigenvalue weighted by molar-refractivity contribution is 7.12. The van der Waals surface area contributed by atoms with Crippen LogP contribution in [-0.4, -0.2) is 61.9 Å². The number of likely N-dealkylation sites (tertiary alicyclic amines) is 1. The summed E-state index contributed by atoms with van der Waals surface area (Å²) in [6.07, 6.45) is 1.61. The zero-order valence-electron chi connectivity index (χ0n) is 13.6. The SMILES string of the molecule is COCC[C@]1(C(=O)O)CCCN(C(=O)c2scc3c2OCCO3)C1. The van der Waals surface area contributed by atoms with Gasteiger partial charge in [0.15, 0.2) is 11.5 Å². The molecule has 3 rings (SSSR count). The van der Waals surface area contributed by atoms with Crippen LogP contribution in [0.5, 0.6) is 11.5 Å². The summed E-state index contributed by atoms with van der Waals surface area (Å²) in [4.78, 5) is 26.8. The number of amides is 1. The summed E-state index contributed by atoms with van der Waals surface area (Å²) in [6.45, 7) is 1.99. The summed E-state index contributed by atoms with van der Waals surface area (Å²) in [6, 6.07) is 0. The van der Waals surface area contributed by atoms with Gasteiger partial charge in [-0.15, -0.1) is 11.3 Å². The molecule has 1 amide bonds. The molecule has 0 bridgehead atoms. The van der Waals surface area contributed by atoms with Gasteiger partial charge >= 0.3 is 5.97 Å². The number of carbonyl (C=O) groups is 2. The summed E-state index contributed by atoms with van der Waals surface area (Å²) in [5.74, 6) is 0.0227. The van der Waals surface area contributed by atoms with Gasteiger partial charge in [-0.2, -0.15) is 0 Å². The Hall–Kier alpha value is -1.80. The molecule has 2 aliphatic heterocycles. The number of rotatable bonds is 5. The van der Waals surface area contributed by atoms with Crippen molar-refractivity contribution in [3.8, 4) is 11.5 Å². The maximum Gasteiger partial charge on any atom is 0.311 e. The number of thiophene rings is 1. The highest BCUT2D eigenvalue weighted by Gasteiger charge is 2.44. The van der Waals surface area contributed by atoms with Crippen molar-refractivity contribution in [3.05, 3.63) is 10.3 Å². The van der Waals surface area contributed by atoms with Crippen LogP contribution in [0.3, 0.4) is 0 Å². The molecule has 0 aromatic carbocycles. The smallest absolute Gasteiger partial charge is 0.311 e. The Balaban J connectivity index is 1.80. The highest BCUT2D eigenvalue weighted by Crippen LogP contribution is 2.41. The summed E-state index contributed by atoms with van der Waals surface area (Å²) >= 11 is 1.28. The van der Waals surface area contributed by atoms with Crippen LogP contribution < -0.4 is 9.47 Å². The minimum Gasteiger partial charge on any atom is -0.485 e. The van der Waals surface area contributed by atoms with Crippen LogP contribution in [0.25, 0.3) is 0 Å². The molecule has 0 saturated carbocycles. The van der Waals surface area contributed by atoms with Gasteiger partial charge in [0.05, 0.1) is 5.41 Å². The van der Waals surface area contributed by atoms with E-state index in [1.54, 1.807) is 17.4 Å². The van der Waals surface area contributed by atoms with Gasteiger partial charge in [0.1, 0.15) is 18.1 Å². The van der Waals surface area contributed by atoms with Crippen molar-refractivity contribution < 1.29 is 28.9 Å². The molecule has 0 radical (unpaired) electrons. The third kappa shape index (κ3) is 3.08. The van der Waals surface area contributed by atoms with E-state index < -0.39 is 11.4 Å². The Bertz CT molecular complexity index is 630. The Morgan fingerprint density at radius 3 is 2.96 bits per heavy atom. The van der Waals surface area contributed by atoms with Gasteiger partial charge in [-0.1, -0.05) is 0 Å². The van der Waals surface area contributed by atoms with Crippen molar-refractivity contribution in [1.82, 2.24) is 4.90 Å². The molecule has 2 aliphatic rings. The van der Waals surface area contributed by atoms with Crippen molar-refractivity contribution in [2.45, 2.75) is 19.3 Å². The third-order valence-electron chi connectivity index (χ3n) is 4.60. The summed E-state index contributed by atoms with van der Waals surface area (Å²) in [5.41, 5.74) is -0.946. The third-order valence-corrected chi connectivity index (χ3v) is 5.53. The Labute approximate surface area is 144 Å². The molecule has 3 heterocycles. The lowest BCUT2D eigenvalue weighted by Gasteiger charge is -2.39. The molecule has 1 saturated heterocycles. The highest BCUT2D eigenvalue weighted by atomic mass is 32.1.